The largest absolute Gasteiger partial charge is 0.468 e. The van der Waals surface area contributed by atoms with E-state index in [1.807, 2.05) is 12.1 Å². The Hall–Kier alpha value is -0.930. The molecule has 0 radical (unpaired) electrons. The maximum atomic E-state index is 12.6. The average molecular weight is 314 g/mol. The summed E-state index contributed by atoms with van der Waals surface area (Å²) < 4.78 is 33.6. The van der Waals surface area contributed by atoms with Crippen LogP contribution in [0.15, 0.2) is 22.8 Å². The maximum absolute atomic E-state index is 12.6. The van der Waals surface area contributed by atoms with E-state index in [1.165, 1.54) is 0 Å². The Bertz CT molecular complexity index is 532. The van der Waals surface area contributed by atoms with Crippen LogP contribution in [0, 0.1) is 0 Å². The van der Waals surface area contributed by atoms with Crippen LogP contribution in [0.3, 0.4) is 0 Å². The van der Waals surface area contributed by atoms with Gasteiger partial charge in [0.05, 0.1) is 12.8 Å². The minimum absolute atomic E-state index is 0.549. The molecule has 1 N–H and O–H groups in total. The number of rotatable bonds is 4. The van der Waals surface area contributed by atoms with Crippen molar-refractivity contribution in [2.45, 2.75) is 6.54 Å². The molecule has 0 unspecified atom stereocenters. The van der Waals surface area contributed by atoms with Crippen molar-refractivity contribution >= 4 is 10.2 Å². The highest BCUT2D eigenvalue weighted by Crippen LogP contribution is 2.14. The van der Waals surface area contributed by atoms with Crippen LogP contribution in [0.5, 0.6) is 0 Å². The fourth-order valence-corrected chi connectivity index (χ4v) is 4.37. The van der Waals surface area contributed by atoms with Gasteiger partial charge in [0.1, 0.15) is 5.76 Å². The Morgan fingerprint density at radius 2 is 1.71 bits per heavy atom. The molecule has 0 bridgehead atoms. The molecule has 3 heterocycles. The van der Waals surface area contributed by atoms with E-state index in [2.05, 4.69) is 10.2 Å². The zero-order valence-electron chi connectivity index (χ0n) is 12.1. The summed E-state index contributed by atoms with van der Waals surface area (Å²) in [5.74, 6) is 0.924. The van der Waals surface area contributed by atoms with Gasteiger partial charge in [-0.15, -0.1) is 0 Å². The minimum Gasteiger partial charge on any atom is -0.468 e. The van der Waals surface area contributed by atoms with E-state index in [1.54, 1.807) is 14.9 Å². The van der Waals surface area contributed by atoms with E-state index >= 15 is 0 Å². The van der Waals surface area contributed by atoms with Gasteiger partial charge >= 0.3 is 0 Å². The summed E-state index contributed by atoms with van der Waals surface area (Å²) in [5.41, 5.74) is 0. The van der Waals surface area contributed by atoms with Gasteiger partial charge in [0, 0.05) is 52.4 Å². The first-order chi connectivity index (χ1) is 10.2. The highest BCUT2D eigenvalue weighted by atomic mass is 32.2. The van der Waals surface area contributed by atoms with Gasteiger partial charge in [-0.25, -0.2) is 0 Å². The normalized spacial score (nSPS) is 23.4. The molecule has 8 heteroatoms. The van der Waals surface area contributed by atoms with E-state index in [-0.39, 0.29) is 0 Å². The maximum Gasteiger partial charge on any atom is 0.282 e. The first kappa shape index (κ1) is 15.0. The molecule has 2 fully saturated rings. The molecule has 21 heavy (non-hydrogen) atoms. The van der Waals surface area contributed by atoms with E-state index in [9.17, 15) is 8.42 Å². The van der Waals surface area contributed by atoms with Gasteiger partial charge < -0.3 is 9.73 Å². The minimum atomic E-state index is -3.29. The molecule has 0 amide bonds. The molecule has 0 aliphatic carbocycles. The third-order valence-corrected chi connectivity index (χ3v) is 6.05. The molecular formula is C13H22N4O3S. The standard InChI is InChI=1S/C13H22N4O3S/c18-21(19,16-5-3-14-4-6-16)17-9-7-15(8-10-17)12-13-2-1-11-20-13/h1-2,11,14H,3-10,12H2. The summed E-state index contributed by atoms with van der Waals surface area (Å²) >= 11 is 0. The lowest BCUT2D eigenvalue weighted by Crippen LogP contribution is -2.56. The number of nitrogens with one attached hydrogen (secondary N) is 1. The molecule has 2 saturated heterocycles. The predicted molar refractivity (Wildman–Crippen MR) is 78.9 cm³/mol. The third kappa shape index (κ3) is 3.46. The monoisotopic (exact) mass is 314 g/mol. The van der Waals surface area contributed by atoms with Crippen LogP contribution in [0.25, 0.3) is 0 Å². The van der Waals surface area contributed by atoms with Crippen molar-refractivity contribution in [1.29, 1.82) is 0 Å². The predicted octanol–water partition coefficient (Wildman–Crippen LogP) is -0.453. The van der Waals surface area contributed by atoms with Crippen LogP contribution in [-0.2, 0) is 16.8 Å². The molecule has 0 saturated carbocycles. The second kappa shape index (κ2) is 6.45. The SMILES string of the molecule is O=S(=O)(N1CCNCC1)N1CCN(Cc2ccco2)CC1. The van der Waals surface area contributed by atoms with Crippen LogP contribution >= 0.6 is 0 Å². The Kier molecular flexibility index (Phi) is 4.60. The van der Waals surface area contributed by atoms with Crippen LogP contribution in [0.4, 0.5) is 0 Å². The molecule has 3 rings (SSSR count). The number of hydrogen-bond donors (Lipinski definition) is 1. The highest BCUT2D eigenvalue weighted by molar-refractivity contribution is 7.86. The molecular weight excluding hydrogens is 292 g/mol. The van der Waals surface area contributed by atoms with Crippen molar-refractivity contribution in [2.24, 2.45) is 0 Å². The fourth-order valence-electron chi connectivity index (χ4n) is 2.78. The Morgan fingerprint density at radius 3 is 2.33 bits per heavy atom. The van der Waals surface area contributed by atoms with Crippen molar-refractivity contribution in [3.05, 3.63) is 24.2 Å². The lowest BCUT2D eigenvalue weighted by Gasteiger charge is -2.37. The summed E-state index contributed by atoms with van der Waals surface area (Å²) in [6.45, 7) is 5.92. The van der Waals surface area contributed by atoms with Gasteiger partial charge in [0.15, 0.2) is 0 Å². The van der Waals surface area contributed by atoms with Crippen molar-refractivity contribution in [2.75, 3.05) is 52.4 Å². The van der Waals surface area contributed by atoms with Crippen molar-refractivity contribution in [1.82, 2.24) is 18.8 Å². The molecule has 118 valence electrons. The zero-order valence-corrected chi connectivity index (χ0v) is 12.9. The molecule has 0 aromatic carbocycles. The summed E-state index contributed by atoms with van der Waals surface area (Å²) in [6.07, 6.45) is 1.67. The number of furan rings is 1. The molecule has 1 aromatic heterocycles. The first-order valence-corrected chi connectivity index (χ1v) is 8.76. The van der Waals surface area contributed by atoms with Crippen LogP contribution in [0.2, 0.25) is 0 Å². The molecule has 7 nitrogen and oxygen atoms in total. The summed E-state index contributed by atoms with van der Waals surface area (Å²) in [7, 11) is -3.29. The molecule has 2 aliphatic heterocycles. The molecule has 2 aliphatic rings. The van der Waals surface area contributed by atoms with Crippen molar-refractivity contribution in [3.63, 3.8) is 0 Å². The van der Waals surface area contributed by atoms with Gasteiger partial charge in [-0.1, -0.05) is 0 Å². The van der Waals surface area contributed by atoms with E-state index < -0.39 is 10.2 Å². The fraction of sp³-hybridized carbons (Fsp3) is 0.692. The summed E-state index contributed by atoms with van der Waals surface area (Å²) in [5, 5.41) is 3.18. The van der Waals surface area contributed by atoms with E-state index in [4.69, 9.17) is 4.42 Å². The lowest BCUT2D eigenvalue weighted by molar-refractivity contribution is 0.164. The number of hydrogen-bond acceptors (Lipinski definition) is 5. The van der Waals surface area contributed by atoms with Crippen LogP contribution in [0.1, 0.15) is 5.76 Å². The summed E-state index contributed by atoms with van der Waals surface area (Å²) in [6, 6.07) is 3.82. The van der Waals surface area contributed by atoms with Gasteiger partial charge in [-0.3, -0.25) is 4.90 Å². The number of piperazine rings is 2. The second-order valence-corrected chi connectivity index (χ2v) is 7.34. The topological polar surface area (TPSA) is 69.0 Å². The molecule has 0 spiro atoms. The van der Waals surface area contributed by atoms with Crippen LogP contribution < -0.4 is 5.32 Å². The zero-order chi connectivity index (χ0) is 14.7. The lowest BCUT2D eigenvalue weighted by atomic mass is 10.3. The second-order valence-electron chi connectivity index (χ2n) is 5.41. The average Bonchev–Trinajstić information content (AvgIpc) is 3.02. The summed E-state index contributed by atoms with van der Waals surface area (Å²) in [4.78, 5) is 2.22. The Labute approximate surface area is 125 Å². The molecule has 0 atom stereocenters. The van der Waals surface area contributed by atoms with Gasteiger partial charge in [-0.2, -0.15) is 17.0 Å². The van der Waals surface area contributed by atoms with E-state index in [0.717, 1.165) is 38.5 Å². The molecule has 1 aromatic rings. The van der Waals surface area contributed by atoms with Gasteiger partial charge in [-0.05, 0) is 12.1 Å². The first-order valence-electron chi connectivity index (χ1n) is 7.37. The Morgan fingerprint density at radius 1 is 1.05 bits per heavy atom. The quantitative estimate of drug-likeness (QED) is 0.815. The smallest absolute Gasteiger partial charge is 0.282 e. The van der Waals surface area contributed by atoms with Gasteiger partial charge in [0.2, 0.25) is 0 Å². The van der Waals surface area contributed by atoms with Crippen LogP contribution in [-0.4, -0.2) is 74.3 Å². The van der Waals surface area contributed by atoms with Crippen molar-refractivity contribution < 1.29 is 12.8 Å². The van der Waals surface area contributed by atoms with E-state index in [0.29, 0.717) is 26.2 Å². The van der Waals surface area contributed by atoms with Gasteiger partial charge in [0.25, 0.3) is 10.2 Å². The highest BCUT2D eigenvalue weighted by Gasteiger charge is 2.32. The van der Waals surface area contributed by atoms with Crippen molar-refractivity contribution in [3.8, 4) is 0 Å². The third-order valence-electron chi connectivity index (χ3n) is 4.02. The Balaban J connectivity index is 1.55. The number of nitrogens with zero attached hydrogens (tertiary/aromatic N) is 3.